The first-order valence-electron chi connectivity index (χ1n) is 7.05. The van der Waals surface area contributed by atoms with Crippen LogP contribution in [0.25, 0.3) is 0 Å². The lowest BCUT2D eigenvalue weighted by atomic mass is 9.93. The zero-order valence-electron chi connectivity index (χ0n) is 12.4. The van der Waals surface area contributed by atoms with Crippen LogP contribution in [0.4, 0.5) is 5.95 Å². The number of nitrogen functional groups attached to an aromatic ring is 1. The van der Waals surface area contributed by atoms with E-state index in [4.69, 9.17) is 28.9 Å². The highest BCUT2D eigenvalue weighted by Crippen LogP contribution is 2.29. The largest absolute Gasteiger partial charge is 0.493 e. The first-order valence-corrected chi connectivity index (χ1v) is 7.80. The van der Waals surface area contributed by atoms with Gasteiger partial charge in [0.15, 0.2) is 0 Å². The van der Waals surface area contributed by atoms with Gasteiger partial charge in [0, 0.05) is 0 Å². The molecular formula is C15H15Cl2N3O4. The number of halogens is 2. The van der Waals surface area contributed by atoms with Gasteiger partial charge in [0.1, 0.15) is 0 Å². The van der Waals surface area contributed by atoms with Gasteiger partial charge in [0.05, 0.1) is 21.5 Å². The maximum atomic E-state index is 11.7. The maximum Gasteiger partial charge on any atom is 0.310 e. The van der Waals surface area contributed by atoms with E-state index in [0.717, 1.165) is 0 Å². The second-order valence-electron chi connectivity index (χ2n) is 5.21. The van der Waals surface area contributed by atoms with Gasteiger partial charge in [0.25, 0.3) is 5.56 Å². The minimum atomic E-state index is -1.01. The van der Waals surface area contributed by atoms with Crippen molar-refractivity contribution in [2.75, 3.05) is 5.73 Å². The summed E-state index contributed by atoms with van der Waals surface area (Å²) in [6, 6.07) is 4.65. The summed E-state index contributed by atoms with van der Waals surface area (Å²) < 4.78 is 0. The third kappa shape index (κ3) is 4.18. The van der Waals surface area contributed by atoms with Gasteiger partial charge < -0.3 is 15.9 Å². The molecule has 0 aliphatic heterocycles. The topological polar surface area (TPSA) is 129 Å². The molecule has 0 bridgehead atoms. The van der Waals surface area contributed by atoms with Crippen molar-refractivity contribution < 1.29 is 15.0 Å². The van der Waals surface area contributed by atoms with Gasteiger partial charge >= 0.3 is 5.97 Å². The fourth-order valence-electron chi connectivity index (χ4n) is 2.37. The minimum absolute atomic E-state index is 0.0717. The number of nitrogens with zero attached hydrogens (tertiary/aromatic N) is 1. The number of carbonyl (C=O) groups is 1. The van der Waals surface area contributed by atoms with Crippen LogP contribution >= 0.6 is 23.2 Å². The number of aromatic nitrogens is 2. The molecule has 0 radical (unpaired) electrons. The molecule has 0 fully saturated rings. The summed E-state index contributed by atoms with van der Waals surface area (Å²) in [4.78, 5) is 29.1. The number of hydrogen-bond acceptors (Lipinski definition) is 5. The zero-order chi connectivity index (χ0) is 17.9. The summed E-state index contributed by atoms with van der Waals surface area (Å²) in [5.74, 6) is -2.44. The Morgan fingerprint density at radius 2 is 2.04 bits per heavy atom. The van der Waals surface area contributed by atoms with Gasteiger partial charge in [-0.2, -0.15) is 4.98 Å². The predicted molar refractivity (Wildman–Crippen MR) is 90.7 cm³/mol. The molecule has 128 valence electrons. The molecule has 24 heavy (non-hydrogen) atoms. The Morgan fingerprint density at radius 3 is 2.62 bits per heavy atom. The van der Waals surface area contributed by atoms with Crippen LogP contribution < -0.4 is 11.3 Å². The van der Waals surface area contributed by atoms with E-state index in [1.54, 1.807) is 6.07 Å². The average molecular weight is 372 g/mol. The first kappa shape index (κ1) is 18.1. The van der Waals surface area contributed by atoms with Crippen LogP contribution in [0.3, 0.4) is 0 Å². The minimum Gasteiger partial charge on any atom is -0.493 e. The van der Waals surface area contributed by atoms with Crippen LogP contribution in [0.5, 0.6) is 5.88 Å². The van der Waals surface area contributed by atoms with Crippen LogP contribution in [0, 0.1) is 0 Å². The number of anilines is 1. The van der Waals surface area contributed by atoms with E-state index >= 15 is 0 Å². The second kappa shape index (κ2) is 7.55. The van der Waals surface area contributed by atoms with Gasteiger partial charge in [-0.25, -0.2) is 0 Å². The Kier molecular flexibility index (Phi) is 5.69. The van der Waals surface area contributed by atoms with Crippen molar-refractivity contribution in [3.8, 4) is 5.88 Å². The molecule has 1 unspecified atom stereocenters. The van der Waals surface area contributed by atoms with Gasteiger partial charge in [-0.3, -0.25) is 14.6 Å². The molecule has 0 amide bonds. The number of aromatic hydroxyl groups is 1. The number of aliphatic carboxylic acids is 1. The molecule has 1 aromatic heterocycles. The van der Waals surface area contributed by atoms with Crippen molar-refractivity contribution in [1.29, 1.82) is 0 Å². The summed E-state index contributed by atoms with van der Waals surface area (Å²) in [5, 5.41) is 19.7. The predicted octanol–water partition coefficient (Wildman–Crippen LogP) is 2.56. The number of aromatic amines is 1. The number of H-pyrrole nitrogens is 1. The number of benzene rings is 1. The molecule has 0 spiro atoms. The summed E-state index contributed by atoms with van der Waals surface area (Å²) in [6.07, 6.45) is 0.759. The highest BCUT2D eigenvalue weighted by atomic mass is 35.5. The normalized spacial score (nSPS) is 12.1. The fraction of sp³-hybridized carbons (Fsp3) is 0.267. The van der Waals surface area contributed by atoms with Gasteiger partial charge in [-0.05, 0) is 37.0 Å². The molecule has 0 aliphatic carbocycles. The summed E-state index contributed by atoms with van der Waals surface area (Å²) >= 11 is 11.8. The lowest BCUT2D eigenvalue weighted by molar-refractivity contribution is -0.139. The quantitative estimate of drug-likeness (QED) is 0.617. The average Bonchev–Trinajstić information content (AvgIpc) is 2.48. The molecule has 2 aromatic rings. The Labute approximate surface area is 147 Å². The zero-order valence-corrected chi connectivity index (χ0v) is 13.9. The molecule has 1 heterocycles. The van der Waals surface area contributed by atoms with Crippen molar-refractivity contribution in [3.63, 3.8) is 0 Å². The molecule has 0 aliphatic rings. The molecule has 1 atom stereocenters. The maximum absolute atomic E-state index is 11.7. The van der Waals surface area contributed by atoms with E-state index in [-0.39, 0.29) is 29.4 Å². The lowest BCUT2D eigenvalue weighted by Crippen LogP contribution is -2.17. The summed E-state index contributed by atoms with van der Waals surface area (Å²) in [7, 11) is 0. The monoisotopic (exact) mass is 371 g/mol. The molecule has 1 aromatic carbocycles. The molecular weight excluding hydrogens is 357 g/mol. The number of rotatable bonds is 6. The Balaban J connectivity index is 2.12. The third-order valence-corrected chi connectivity index (χ3v) is 4.31. The number of carboxylic acids is 1. The molecule has 5 N–H and O–H groups in total. The van der Waals surface area contributed by atoms with Crippen LogP contribution in [0.2, 0.25) is 10.0 Å². The van der Waals surface area contributed by atoms with Crippen molar-refractivity contribution in [3.05, 3.63) is 49.7 Å². The Bertz CT molecular complexity index is 823. The summed E-state index contributed by atoms with van der Waals surface area (Å²) in [5.41, 5.74) is 5.37. The number of carboxylic acid groups (broad SMARTS) is 1. The van der Waals surface area contributed by atoms with E-state index in [2.05, 4.69) is 9.97 Å². The van der Waals surface area contributed by atoms with E-state index in [9.17, 15) is 19.8 Å². The van der Waals surface area contributed by atoms with Crippen LogP contribution in [-0.2, 0) is 11.2 Å². The smallest absolute Gasteiger partial charge is 0.310 e. The lowest BCUT2D eigenvalue weighted by Gasteiger charge is -2.13. The van der Waals surface area contributed by atoms with Crippen LogP contribution in [-0.4, -0.2) is 26.2 Å². The Morgan fingerprint density at radius 1 is 1.33 bits per heavy atom. The fourth-order valence-corrected chi connectivity index (χ4v) is 2.68. The Hall–Kier alpha value is -2.25. The molecule has 7 nitrogen and oxygen atoms in total. The standard InChI is InChI=1S/C15H15Cl2N3O4/c16-10-5-4-7(6-11(10)17)8(14(23)24)2-1-3-9-12(21)19-15(18)20-13(9)22/h4-6,8H,1-3H2,(H,23,24)(H4,18,19,20,21,22). The van der Waals surface area contributed by atoms with E-state index in [1.807, 2.05) is 0 Å². The summed E-state index contributed by atoms with van der Waals surface area (Å²) in [6.45, 7) is 0. The number of nitrogens with one attached hydrogen (secondary N) is 1. The van der Waals surface area contributed by atoms with Gasteiger partial charge in [-0.1, -0.05) is 29.3 Å². The van der Waals surface area contributed by atoms with Crippen molar-refractivity contribution >= 4 is 35.1 Å². The SMILES string of the molecule is Nc1nc(O)c(CCCC(C(=O)O)c2ccc(Cl)c(Cl)c2)c(=O)[nH]1. The van der Waals surface area contributed by atoms with Crippen LogP contribution in [0.15, 0.2) is 23.0 Å². The second-order valence-corrected chi connectivity index (χ2v) is 6.02. The molecule has 0 saturated carbocycles. The van der Waals surface area contributed by atoms with Crippen molar-refractivity contribution in [2.45, 2.75) is 25.2 Å². The molecule has 2 rings (SSSR count). The number of nitrogens with two attached hydrogens (primary N) is 1. The third-order valence-electron chi connectivity index (χ3n) is 3.58. The highest BCUT2D eigenvalue weighted by Gasteiger charge is 2.21. The van der Waals surface area contributed by atoms with Gasteiger partial charge in [0.2, 0.25) is 11.8 Å². The molecule has 0 saturated heterocycles. The van der Waals surface area contributed by atoms with E-state index in [0.29, 0.717) is 17.0 Å². The highest BCUT2D eigenvalue weighted by molar-refractivity contribution is 6.42. The van der Waals surface area contributed by atoms with E-state index < -0.39 is 23.3 Å². The van der Waals surface area contributed by atoms with Gasteiger partial charge in [-0.15, -0.1) is 0 Å². The first-order chi connectivity index (χ1) is 11.3. The van der Waals surface area contributed by atoms with Crippen molar-refractivity contribution in [1.82, 2.24) is 9.97 Å². The molecule has 9 heteroatoms. The van der Waals surface area contributed by atoms with E-state index in [1.165, 1.54) is 12.1 Å². The van der Waals surface area contributed by atoms with Crippen molar-refractivity contribution in [2.24, 2.45) is 0 Å². The number of hydrogen-bond donors (Lipinski definition) is 4. The van der Waals surface area contributed by atoms with Crippen LogP contribution in [0.1, 0.15) is 29.9 Å².